The molecule has 1 aliphatic heterocycles. The monoisotopic (exact) mass is 248 g/mol. The maximum absolute atomic E-state index is 11.2. The molecule has 0 bridgehead atoms. The Kier molecular flexibility index (Phi) is 1.88. The van der Waals surface area contributed by atoms with Crippen LogP contribution >= 0.6 is 27.5 Å². The van der Waals surface area contributed by atoms with Crippen molar-refractivity contribution >= 4 is 33.4 Å². The van der Waals surface area contributed by atoms with E-state index in [0.717, 1.165) is 11.1 Å². The summed E-state index contributed by atoms with van der Waals surface area (Å²) in [7, 11) is 0. The fourth-order valence-electron chi connectivity index (χ4n) is 1.27. The summed E-state index contributed by atoms with van der Waals surface area (Å²) in [6.07, 6.45) is 0. The van der Waals surface area contributed by atoms with Gasteiger partial charge in [-0.1, -0.05) is 11.6 Å². The smallest absolute Gasteiger partial charge is 0.268 e. The van der Waals surface area contributed by atoms with Crippen LogP contribution in [0, 0.1) is 0 Å². The zero-order valence-corrected chi connectivity index (χ0v) is 8.44. The molecule has 0 saturated heterocycles. The first-order chi connectivity index (χ1) is 5.70. The lowest BCUT2D eigenvalue weighted by Gasteiger charge is -2.16. The number of hydrogen-bond acceptors (Lipinski definition) is 1. The van der Waals surface area contributed by atoms with Gasteiger partial charge in [0.15, 0.2) is 0 Å². The van der Waals surface area contributed by atoms with E-state index in [1.165, 1.54) is 0 Å². The fraction of sp³-hybridized carbons (Fsp3) is 0.286. The number of amides is 1. The van der Waals surface area contributed by atoms with Crippen molar-refractivity contribution in [1.29, 1.82) is 0 Å². The van der Waals surface area contributed by atoms with E-state index < -0.39 is 0 Å². The van der Waals surface area contributed by atoms with Crippen LogP contribution in [0.25, 0.3) is 0 Å². The lowest BCUT2D eigenvalue weighted by atomic mass is 10.3. The van der Waals surface area contributed by atoms with Gasteiger partial charge in [-0.05, 0) is 22.0 Å². The minimum Gasteiger partial charge on any atom is -0.349 e. The van der Waals surface area contributed by atoms with Crippen LogP contribution in [-0.2, 0) is 6.54 Å². The van der Waals surface area contributed by atoms with Crippen LogP contribution in [0.15, 0.2) is 10.7 Å². The van der Waals surface area contributed by atoms with Gasteiger partial charge in [-0.3, -0.25) is 4.79 Å². The summed E-state index contributed by atoms with van der Waals surface area (Å²) in [4.78, 5) is 11.2. The number of halogens is 2. The highest BCUT2D eigenvalue weighted by atomic mass is 79.9. The van der Waals surface area contributed by atoms with E-state index in [1.807, 2.05) is 4.57 Å². The third-order valence-electron chi connectivity index (χ3n) is 1.84. The van der Waals surface area contributed by atoms with Gasteiger partial charge in [0, 0.05) is 13.1 Å². The Morgan fingerprint density at radius 3 is 3.08 bits per heavy atom. The average molecular weight is 249 g/mol. The van der Waals surface area contributed by atoms with Gasteiger partial charge in [-0.2, -0.15) is 0 Å². The zero-order chi connectivity index (χ0) is 8.72. The van der Waals surface area contributed by atoms with E-state index in [4.69, 9.17) is 11.6 Å². The SMILES string of the molecule is O=C1NCCn2c1cc(Cl)c2Br. The van der Waals surface area contributed by atoms with E-state index >= 15 is 0 Å². The van der Waals surface area contributed by atoms with Crippen LogP contribution in [0.2, 0.25) is 5.02 Å². The first-order valence-electron chi connectivity index (χ1n) is 3.53. The number of carbonyl (C=O) groups is 1. The van der Waals surface area contributed by atoms with Crippen LogP contribution in [0.3, 0.4) is 0 Å². The number of aromatic nitrogens is 1. The molecule has 2 rings (SSSR count). The zero-order valence-electron chi connectivity index (χ0n) is 6.10. The van der Waals surface area contributed by atoms with Crippen LogP contribution < -0.4 is 5.32 Å². The Balaban J connectivity index is 2.60. The molecule has 1 N–H and O–H groups in total. The summed E-state index contributed by atoms with van der Waals surface area (Å²) in [6.45, 7) is 1.43. The van der Waals surface area contributed by atoms with Crippen LogP contribution in [0.4, 0.5) is 0 Å². The Bertz CT molecular complexity index is 347. The van der Waals surface area contributed by atoms with Crippen molar-refractivity contribution < 1.29 is 4.79 Å². The van der Waals surface area contributed by atoms with E-state index in [-0.39, 0.29) is 5.91 Å². The van der Waals surface area contributed by atoms with Gasteiger partial charge in [-0.15, -0.1) is 0 Å². The maximum Gasteiger partial charge on any atom is 0.268 e. The molecular formula is C7H6BrClN2O. The molecule has 12 heavy (non-hydrogen) atoms. The molecule has 64 valence electrons. The van der Waals surface area contributed by atoms with Crippen molar-refractivity contribution in [3.8, 4) is 0 Å². The molecular weight excluding hydrogens is 243 g/mol. The molecule has 1 aliphatic rings. The average Bonchev–Trinajstić information content (AvgIpc) is 2.32. The molecule has 1 aromatic rings. The molecule has 1 amide bonds. The first kappa shape index (κ1) is 8.13. The summed E-state index contributed by atoms with van der Waals surface area (Å²) in [5, 5.41) is 3.32. The molecule has 0 unspecified atom stereocenters. The summed E-state index contributed by atoms with van der Waals surface area (Å²) in [6, 6.07) is 1.67. The van der Waals surface area contributed by atoms with E-state index in [0.29, 0.717) is 17.3 Å². The summed E-state index contributed by atoms with van der Waals surface area (Å²) < 4.78 is 2.65. The topological polar surface area (TPSA) is 34.0 Å². The van der Waals surface area contributed by atoms with Crippen LogP contribution in [0.1, 0.15) is 10.5 Å². The van der Waals surface area contributed by atoms with Gasteiger partial charge in [-0.25, -0.2) is 0 Å². The first-order valence-corrected chi connectivity index (χ1v) is 4.70. The predicted octanol–water partition coefficient (Wildman–Crippen LogP) is 1.65. The molecule has 0 aromatic carbocycles. The second-order valence-corrected chi connectivity index (χ2v) is 3.73. The Morgan fingerprint density at radius 2 is 2.42 bits per heavy atom. The van der Waals surface area contributed by atoms with Crippen molar-refractivity contribution in [2.75, 3.05) is 6.54 Å². The van der Waals surface area contributed by atoms with Gasteiger partial charge in [0.1, 0.15) is 10.3 Å². The molecule has 1 aromatic heterocycles. The molecule has 3 nitrogen and oxygen atoms in total. The third kappa shape index (κ3) is 1.06. The fourth-order valence-corrected chi connectivity index (χ4v) is 1.96. The van der Waals surface area contributed by atoms with E-state index in [9.17, 15) is 4.79 Å². The Labute approximate surface area is 82.8 Å². The van der Waals surface area contributed by atoms with Crippen molar-refractivity contribution in [3.63, 3.8) is 0 Å². The van der Waals surface area contributed by atoms with Crippen LogP contribution in [0.5, 0.6) is 0 Å². The second-order valence-electron chi connectivity index (χ2n) is 2.58. The van der Waals surface area contributed by atoms with Gasteiger partial charge in [0.05, 0.1) is 5.02 Å². The van der Waals surface area contributed by atoms with Crippen molar-refractivity contribution in [2.45, 2.75) is 6.54 Å². The minimum atomic E-state index is -0.0612. The van der Waals surface area contributed by atoms with Crippen LogP contribution in [-0.4, -0.2) is 17.0 Å². The standard InChI is InChI=1S/C7H6BrClN2O/c8-6-4(9)3-5-7(12)10-1-2-11(5)6/h3H,1-2H2,(H,10,12). The number of rotatable bonds is 0. The Morgan fingerprint density at radius 1 is 1.67 bits per heavy atom. The predicted molar refractivity (Wildman–Crippen MR) is 49.5 cm³/mol. The van der Waals surface area contributed by atoms with Gasteiger partial charge < -0.3 is 9.88 Å². The van der Waals surface area contributed by atoms with Gasteiger partial charge in [0.25, 0.3) is 5.91 Å². The molecule has 0 atom stereocenters. The van der Waals surface area contributed by atoms with E-state index in [1.54, 1.807) is 6.07 Å². The number of nitrogens with one attached hydrogen (secondary N) is 1. The summed E-state index contributed by atoms with van der Waals surface area (Å²) in [5.41, 5.74) is 0.623. The number of hydrogen-bond donors (Lipinski definition) is 1. The molecule has 5 heteroatoms. The van der Waals surface area contributed by atoms with Gasteiger partial charge in [0.2, 0.25) is 0 Å². The highest BCUT2D eigenvalue weighted by molar-refractivity contribution is 9.10. The van der Waals surface area contributed by atoms with Crippen molar-refractivity contribution in [1.82, 2.24) is 9.88 Å². The quantitative estimate of drug-likeness (QED) is 0.745. The lowest BCUT2D eigenvalue weighted by molar-refractivity contribution is 0.0927. The maximum atomic E-state index is 11.2. The minimum absolute atomic E-state index is 0.0612. The van der Waals surface area contributed by atoms with Crippen molar-refractivity contribution in [3.05, 3.63) is 21.4 Å². The summed E-state index contributed by atoms with van der Waals surface area (Å²) >= 11 is 9.15. The molecule has 0 spiro atoms. The molecule has 0 saturated carbocycles. The molecule has 0 radical (unpaired) electrons. The highest BCUT2D eigenvalue weighted by Gasteiger charge is 2.20. The third-order valence-corrected chi connectivity index (χ3v) is 3.21. The Hall–Kier alpha value is -0.480. The summed E-state index contributed by atoms with van der Waals surface area (Å²) in [5.74, 6) is -0.0612. The number of nitrogens with zero attached hydrogens (tertiary/aromatic N) is 1. The molecule has 0 aliphatic carbocycles. The molecule has 2 heterocycles. The lowest BCUT2D eigenvalue weighted by Crippen LogP contribution is -2.34. The number of carbonyl (C=O) groups excluding carboxylic acids is 1. The number of fused-ring (bicyclic) bond motifs is 1. The molecule has 0 fully saturated rings. The largest absolute Gasteiger partial charge is 0.349 e. The highest BCUT2D eigenvalue weighted by Crippen LogP contribution is 2.27. The van der Waals surface area contributed by atoms with Gasteiger partial charge >= 0.3 is 0 Å². The normalized spacial score (nSPS) is 15.7. The van der Waals surface area contributed by atoms with Crippen molar-refractivity contribution in [2.24, 2.45) is 0 Å². The van der Waals surface area contributed by atoms with E-state index in [2.05, 4.69) is 21.2 Å². The second kappa shape index (κ2) is 2.78.